The molecular formula is C13H17ClO3S. The summed E-state index contributed by atoms with van der Waals surface area (Å²) in [6.07, 6.45) is 2.21. The number of carboxylic acid groups (broad SMARTS) is 1. The van der Waals surface area contributed by atoms with Crippen LogP contribution in [0.4, 0.5) is 0 Å². The number of hydrogen-bond acceptors (Lipinski definition) is 3. The van der Waals surface area contributed by atoms with Crippen LogP contribution in [0.1, 0.15) is 30.1 Å². The van der Waals surface area contributed by atoms with E-state index in [9.17, 15) is 4.79 Å². The Morgan fingerprint density at radius 1 is 1.44 bits per heavy atom. The van der Waals surface area contributed by atoms with Crippen LogP contribution in [0.3, 0.4) is 0 Å². The topological polar surface area (TPSA) is 46.5 Å². The maximum Gasteiger partial charge on any atom is 0.337 e. The first-order chi connectivity index (χ1) is 8.65. The summed E-state index contributed by atoms with van der Waals surface area (Å²) in [5.41, 5.74) is 0.147. The summed E-state index contributed by atoms with van der Waals surface area (Å²) >= 11 is 7.37. The van der Waals surface area contributed by atoms with Crippen LogP contribution in [0.15, 0.2) is 23.1 Å². The van der Waals surface area contributed by atoms with Gasteiger partial charge in [-0.3, -0.25) is 0 Å². The standard InChI is InChI=1S/C13H17ClO3S/c1-2-3-6-17-7-8-18-10-4-5-12(14)11(9-10)13(15)16/h4-5,9H,2-3,6-8H2,1H3,(H,15,16). The van der Waals surface area contributed by atoms with Gasteiger partial charge in [0.25, 0.3) is 0 Å². The number of carbonyl (C=O) groups is 1. The van der Waals surface area contributed by atoms with Crippen molar-refractivity contribution in [2.75, 3.05) is 19.0 Å². The fourth-order valence-electron chi connectivity index (χ4n) is 1.32. The summed E-state index contributed by atoms with van der Waals surface area (Å²) in [5.74, 6) is -0.189. The van der Waals surface area contributed by atoms with E-state index in [1.165, 1.54) is 0 Å². The van der Waals surface area contributed by atoms with Crippen LogP contribution in [0.25, 0.3) is 0 Å². The predicted molar refractivity (Wildman–Crippen MR) is 74.9 cm³/mol. The number of benzene rings is 1. The molecule has 0 aromatic heterocycles. The van der Waals surface area contributed by atoms with Crippen molar-refractivity contribution in [2.24, 2.45) is 0 Å². The van der Waals surface area contributed by atoms with Gasteiger partial charge < -0.3 is 9.84 Å². The summed E-state index contributed by atoms with van der Waals surface area (Å²) in [5, 5.41) is 9.21. The predicted octanol–water partition coefficient (Wildman–Crippen LogP) is 3.95. The van der Waals surface area contributed by atoms with Crippen molar-refractivity contribution >= 4 is 29.3 Å². The molecular weight excluding hydrogens is 272 g/mol. The van der Waals surface area contributed by atoms with Gasteiger partial charge in [0, 0.05) is 17.3 Å². The van der Waals surface area contributed by atoms with Gasteiger partial charge in [-0.2, -0.15) is 0 Å². The zero-order valence-corrected chi connectivity index (χ0v) is 11.9. The number of ether oxygens (including phenoxy) is 1. The van der Waals surface area contributed by atoms with E-state index in [0.29, 0.717) is 6.61 Å². The highest BCUT2D eigenvalue weighted by atomic mass is 35.5. The molecule has 5 heteroatoms. The Bertz CT molecular complexity index is 396. The van der Waals surface area contributed by atoms with E-state index in [4.69, 9.17) is 21.4 Å². The molecule has 18 heavy (non-hydrogen) atoms. The van der Waals surface area contributed by atoms with E-state index in [2.05, 4.69) is 6.92 Å². The largest absolute Gasteiger partial charge is 0.478 e. The van der Waals surface area contributed by atoms with Crippen molar-refractivity contribution in [1.29, 1.82) is 0 Å². The Morgan fingerprint density at radius 3 is 2.89 bits per heavy atom. The van der Waals surface area contributed by atoms with Crippen LogP contribution >= 0.6 is 23.4 Å². The van der Waals surface area contributed by atoms with Crippen molar-refractivity contribution < 1.29 is 14.6 Å². The van der Waals surface area contributed by atoms with Crippen molar-refractivity contribution in [3.63, 3.8) is 0 Å². The van der Waals surface area contributed by atoms with Crippen LogP contribution in [0.5, 0.6) is 0 Å². The Hall–Kier alpha value is -0.710. The first-order valence-electron chi connectivity index (χ1n) is 5.88. The summed E-state index contributed by atoms with van der Waals surface area (Å²) in [6.45, 7) is 3.59. The number of unbranched alkanes of at least 4 members (excludes halogenated alkanes) is 1. The van der Waals surface area contributed by atoms with Gasteiger partial charge in [-0.05, 0) is 24.6 Å². The lowest BCUT2D eigenvalue weighted by Crippen LogP contribution is -2.00. The molecule has 1 aromatic carbocycles. The highest BCUT2D eigenvalue weighted by molar-refractivity contribution is 7.99. The monoisotopic (exact) mass is 288 g/mol. The van der Waals surface area contributed by atoms with Gasteiger partial charge in [-0.1, -0.05) is 24.9 Å². The fourth-order valence-corrected chi connectivity index (χ4v) is 2.33. The minimum absolute atomic E-state index is 0.147. The molecule has 0 spiro atoms. The molecule has 0 unspecified atom stereocenters. The summed E-state index contributed by atoms with van der Waals surface area (Å²) < 4.78 is 5.43. The zero-order chi connectivity index (χ0) is 13.4. The molecule has 100 valence electrons. The Labute approximate surface area is 116 Å². The van der Waals surface area contributed by atoms with Crippen molar-refractivity contribution in [2.45, 2.75) is 24.7 Å². The number of carboxylic acids is 1. The number of rotatable bonds is 8. The number of halogens is 1. The second-order valence-electron chi connectivity index (χ2n) is 3.76. The van der Waals surface area contributed by atoms with Gasteiger partial charge in [0.05, 0.1) is 17.2 Å². The van der Waals surface area contributed by atoms with E-state index >= 15 is 0 Å². The third kappa shape index (κ3) is 5.29. The average molecular weight is 289 g/mol. The smallest absolute Gasteiger partial charge is 0.337 e. The van der Waals surface area contributed by atoms with E-state index < -0.39 is 5.97 Å². The number of aromatic carboxylic acids is 1. The molecule has 0 aliphatic rings. The van der Waals surface area contributed by atoms with Gasteiger partial charge >= 0.3 is 5.97 Å². The summed E-state index contributed by atoms with van der Waals surface area (Å²) in [7, 11) is 0. The van der Waals surface area contributed by atoms with E-state index in [1.807, 2.05) is 6.07 Å². The van der Waals surface area contributed by atoms with Gasteiger partial charge in [-0.15, -0.1) is 11.8 Å². The molecule has 0 saturated carbocycles. The SMILES string of the molecule is CCCCOCCSc1ccc(Cl)c(C(=O)O)c1. The second-order valence-corrected chi connectivity index (χ2v) is 5.34. The third-order valence-electron chi connectivity index (χ3n) is 2.31. The summed E-state index contributed by atoms with van der Waals surface area (Å²) in [4.78, 5) is 11.8. The second kappa shape index (κ2) is 8.40. The Morgan fingerprint density at radius 2 is 2.22 bits per heavy atom. The molecule has 1 N–H and O–H groups in total. The first-order valence-corrected chi connectivity index (χ1v) is 7.25. The molecule has 0 radical (unpaired) electrons. The summed E-state index contributed by atoms with van der Waals surface area (Å²) in [6, 6.07) is 5.04. The maximum atomic E-state index is 10.9. The molecule has 1 rings (SSSR count). The van der Waals surface area contributed by atoms with Crippen molar-refractivity contribution in [3.05, 3.63) is 28.8 Å². The van der Waals surface area contributed by atoms with Crippen LogP contribution in [0, 0.1) is 0 Å². The van der Waals surface area contributed by atoms with Crippen LogP contribution in [-0.4, -0.2) is 30.0 Å². The third-order valence-corrected chi connectivity index (χ3v) is 3.59. The minimum atomic E-state index is -0.998. The average Bonchev–Trinajstić information content (AvgIpc) is 2.35. The van der Waals surface area contributed by atoms with Crippen LogP contribution in [-0.2, 0) is 4.74 Å². The van der Waals surface area contributed by atoms with E-state index in [0.717, 1.165) is 30.1 Å². The lowest BCUT2D eigenvalue weighted by Gasteiger charge is -2.05. The van der Waals surface area contributed by atoms with Gasteiger partial charge in [0.2, 0.25) is 0 Å². The van der Waals surface area contributed by atoms with Crippen LogP contribution < -0.4 is 0 Å². The van der Waals surface area contributed by atoms with Gasteiger partial charge in [0.1, 0.15) is 0 Å². The molecule has 0 aliphatic heterocycles. The molecule has 0 saturated heterocycles. The molecule has 3 nitrogen and oxygen atoms in total. The lowest BCUT2D eigenvalue weighted by atomic mass is 10.2. The maximum absolute atomic E-state index is 10.9. The van der Waals surface area contributed by atoms with E-state index in [-0.39, 0.29) is 10.6 Å². The molecule has 0 atom stereocenters. The highest BCUT2D eigenvalue weighted by Gasteiger charge is 2.09. The minimum Gasteiger partial charge on any atom is -0.478 e. The number of hydrogen-bond donors (Lipinski definition) is 1. The molecule has 0 aliphatic carbocycles. The van der Waals surface area contributed by atoms with Crippen molar-refractivity contribution in [1.82, 2.24) is 0 Å². The first kappa shape index (κ1) is 15.3. The molecule has 0 fully saturated rings. The lowest BCUT2D eigenvalue weighted by molar-refractivity contribution is 0.0697. The van der Waals surface area contributed by atoms with E-state index in [1.54, 1.807) is 23.9 Å². The zero-order valence-electron chi connectivity index (χ0n) is 10.3. The van der Waals surface area contributed by atoms with Crippen molar-refractivity contribution in [3.8, 4) is 0 Å². The van der Waals surface area contributed by atoms with Crippen LogP contribution in [0.2, 0.25) is 5.02 Å². The molecule has 0 heterocycles. The normalized spacial score (nSPS) is 10.6. The fraction of sp³-hybridized carbons (Fsp3) is 0.462. The molecule has 0 bridgehead atoms. The number of thioether (sulfide) groups is 1. The molecule has 0 amide bonds. The highest BCUT2D eigenvalue weighted by Crippen LogP contribution is 2.24. The Kier molecular flexibility index (Phi) is 7.16. The molecule has 1 aromatic rings. The van der Waals surface area contributed by atoms with Gasteiger partial charge in [-0.25, -0.2) is 4.79 Å². The quantitative estimate of drug-likeness (QED) is 0.581. The van der Waals surface area contributed by atoms with Gasteiger partial charge in [0.15, 0.2) is 0 Å². The Balaban J connectivity index is 2.38.